The van der Waals surface area contributed by atoms with Gasteiger partial charge in [0, 0.05) is 22.8 Å². The van der Waals surface area contributed by atoms with Crippen molar-refractivity contribution < 1.29 is 32.5 Å². The van der Waals surface area contributed by atoms with Crippen LogP contribution in [0.1, 0.15) is 81.2 Å². The first-order chi connectivity index (χ1) is 22.2. The lowest BCUT2D eigenvalue weighted by Crippen LogP contribution is -2.57. The molecule has 0 aromatic heterocycles. The molecule has 47 heavy (non-hydrogen) atoms. The molecule has 2 bridgehead atoms. The fraction of sp³-hybridized carbons (Fsp3) is 0.486. The summed E-state index contributed by atoms with van der Waals surface area (Å²) < 4.78 is 51.8. The van der Waals surface area contributed by atoms with E-state index in [0.717, 1.165) is 23.1 Å². The van der Waals surface area contributed by atoms with Crippen molar-refractivity contribution in [1.82, 2.24) is 4.90 Å². The molecule has 0 aliphatic carbocycles. The number of ether oxygens (including phenoxy) is 2. The van der Waals surface area contributed by atoms with Gasteiger partial charge in [0.15, 0.2) is 11.5 Å². The lowest BCUT2D eigenvalue weighted by Gasteiger charge is -2.52. The van der Waals surface area contributed by atoms with Crippen molar-refractivity contribution in [2.24, 2.45) is 5.92 Å². The van der Waals surface area contributed by atoms with E-state index < -0.39 is 24.4 Å². The van der Waals surface area contributed by atoms with Gasteiger partial charge in [0.05, 0.1) is 37.8 Å². The lowest BCUT2D eigenvalue weighted by molar-refractivity contribution is -0.174. The minimum absolute atomic E-state index is 0.0889. The monoisotopic (exact) mass is 670 g/mol. The van der Waals surface area contributed by atoms with Crippen molar-refractivity contribution >= 4 is 23.2 Å². The average molecular weight is 671 g/mol. The van der Waals surface area contributed by atoms with E-state index in [9.17, 15) is 23.1 Å². The molecule has 3 aromatic carbocycles. The summed E-state index contributed by atoms with van der Waals surface area (Å²) in [5.41, 5.74) is 2.73. The van der Waals surface area contributed by atoms with Gasteiger partial charge in [-0.15, -0.1) is 0 Å². The molecule has 4 atom stereocenters. The van der Waals surface area contributed by atoms with Crippen molar-refractivity contribution in [3.8, 4) is 11.5 Å². The highest BCUT2D eigenvalue weighted by molar-refractivity contribution is 6.30. The van der Waals surface area contributed by atoms with E-state index in [2.05, 4.69) is 0 Å². The van der Waals surface area contributed by atoms with Gasteiger partial charge in [-0.2, -0.15) is 13.2 Å². The first kappa shape index (κ1) is 33.6. The number of carbonyl (C=O) groups is 1. The van der Waals surface area contributed by atoms with Crippen LogP contribution in [0.3, 0.4) is 0 Å². The summed E-state index contributed by atoms with van der Waals surface area (Å²) in [6.07, 6.45) is -0.837. The van der Waals surface area contributed by atoms with Gasteiger partial charge in [-0.05, 0) is 111 Å². The van der Waals surface area contributed by atoms with Gasteiger partial charge in [0.1, 0.15) is 0 Å². The fourth-order valence-electron chi connectivity index (χ4n) is 7.93. The number of hydrogen-bond acceptors (Lipinski definition) is 5. The van der Waals surface area contributed by atoms with E-state index in [1.807, 2.05) is 62.4 Å². The summed E-state index contributed by atoms with van der Waals surface area (Å²) >= 11 is 6.25. The number of rotatable bonds is 8. The third kappa shape index (κ3) is 6.85. The molecule has 6 rings (SSSR count). The Hall–Kier alpha value is -3.27. The highest BCUT2D eigenvalue weighted by Gasteiger charge is 2.48. The second-order valence-electron chi connectivity index (χ2n) is 13.7. The molecule has 3 unspecified atom stereocenters. The summed E-state index contributed by atoms with van der Waals surface area (Å²) in [6.45, 7) is 4.76. The molecule has 1 N–H and O–H groups in total. The van der Waals surface area contributed by atoms with Gasteiger partial charge < -0.3 is 19.5 Å². The molecule has 10 heteroatoms. The van der Waals surface area contributed by atoms with Crippen molar-refractivity contribution in [3.05, 3.63) is 87.9 Å². The number of benzene rings is 3. The summed E-state index contributed by atoms with van der Waals surface area (Å²) in [6, 6.07) is 17.8. The summed E-state index contributed by atoms with van der Waals surface area (Å²) in [5, 5.41) is 12.5. The normalized spacial score (nSPS) is 24.6. The molecule has 252 valence electrons. The zero-order valence-electron chi connectivity index (χ0n) is 27.2. The summed E-state index contributed by atoms with van der Waals surface area (Å²) in [7, 11) is 1.58. The Balaban J connectivity index is 1.32. The first-order valence-corrected chi connectivity index (χ1v) is 16.7. The standard InChI is InChI=1S/C37H42ClF3N2O4/c1-22(2)47-33-20-31-24(16-32(33)46-4)17-34(44)43(35(31)23-8-12-27(38)13-9-23)28-14-10-25(11-15-28)36(3,45)26-18-29-6-5-7-30(19-26)42(29)21-37(39,40)41/h8-16,20,22,26,29-30,35,45H,5-7,17-19,21H2,1-4H3/t26?,29?,30?,35-,36?/m0/s1. The molecule has 1 amide bonds. The number of amides is 1. The zero-order chi connectivity index (χ0) is 33.7. The number of carbonyl (C=O) groups excluding carboxylic acids is 1. The Morgan fingerprint density at radius 1 is 0.979 bits per heavy atom. The number of alkyl halides is 3. The molecular weight excluding hydrogens is 629 g/mol. The number of nitrogens with zero attached hydrogens (tertiary/aromatic N) is 2. The molecule has 2 fully saturated rings. The zero-order valence-corrected chi connectivity index (χ0v) is 27.9. The van der Waals surface area contributed by atoms with Crippen LogP contribution in [0.5, 0.6) is 11.5 Å². The fourth-order valence-corrected chi connectivity index (χ4v) is 8.05. The smallest absolute Gasteiger partial charge is 0.401 e. The topological polar surface area (TPSA) is 62.2 Å². The van der Waals surface area contributed by atoms with E-state index in [1.165, 1.54) is 0 Å². The van der Waals surface area contributed by atoms with Crippen molar-refractivity contribution in [2.75, 3.05) is 18.6 Å². The predicted molar refractivity (Wildman–Crippen MR) is 176 cm³/mol. The lowest BCUT2D eigenvalue weighted by atomic mass is 9.69. The van der Waals surface area contributed by atoms with Crippen molar-refractivity contribution in [3.63, 3.8) is 0 Å². The molecule has 0 spiro atoms. The van der Waals surface area contributed by atoms with Crippen LogP contribution >= 0.6 is 11.6 Å². The Labute approximate surface area is 279 Å². The third-order valence-corrected chi connectivity index (χ3v) is 10.4. The highest BCUT2D eigenvalue weighted by Crippen LogP contribution is 2.47. The van der Waals surface area contributed by atoms with Gasteiger partial charge in [-0.1, -0.05) is 42.3 Å². The number of halogens is 4. The van der Waals surface area contributed by atoms with Crippen LogP contribution in [0.2, 0.25) is 5.02 Å². The molecule has 3 aromatic rings. The molecule has 3 aliphatic rings. The molecule has 0 radical (unpaired) electrons. The van der Waals surface area contributed by atoms with E-state index >= 15 is 0 Å². The van der Waals surface area contributed by atoms with Crippen LogP contribution in [0, 0.1) is 5.92 Å². The number of anilines is 1. The van der Waals surface area contributed by atoms with Gasteiger partial charge in [-0.25, -0.2) is 0 Å². The van der Waals surface area contributed by atoms with E-state index in [0.29, 0.717) is 53.5 Å². The Kier molecular flexibility index (Phi) is 9.28. The summed E-state index contributed by atoms with van der Waals surface area (Å²) in [4.78, 5) is 17.3. The second kappa shape index (κ2) is 13.0. The molecule has 3 heterocycles. The van der Waals surface area contributed by atoms with Crippen LogP contribution in [0.4, 0.5) is 18.9 Å². The third-order valence-electron chi connectivity index (χ3n) is 10.1. The van der Waals surface area contributed by atoms with Crippen molar-refractivity contribution in [1.29, 1.82) is 0 Å². The van der Waals surface area contributed by atoms with Gasteiger partial charge >= 0.3 is 6.18 Å². The molecule has 2 saturated heterocycles. The minimum atomic E-state index is -4.25. The van der Waals surface area contributed by atoms with Crippen LogP contribution in [-0.4, -0.2) is 53.9 Å². The molecule has 3 aliphatic heterocycles. The molecular formula is C37H42ClF3N2O4. The molecule has 0 saturated carbocycles. The number of hydrogen-bond donors (Lipinski definition) is 1. The van der Waals surface area contributed by atoms with Gasteiger partial charge in [-0.3, -0.25) is 9.69 Å². The average Bonchev–Trinajstić information content (AvgIpc) is 2.99. The van der Waals surface area contributed by atoms with Crippen LogP contribution in [0.15, 0.2) is 60.7 Å². The number of aliphatic hydroxyl groups is 1. The van der Waals surface area contributed by atoms with Crippen molar-refractivity contribution in [2.45, 2.75) is 95.3 Å². The van der Waals surface area contributed by atoms with Crippen LogP contribution in [-0.2, 0) is 16.8 Å². The first-order valence-electron chi connectivity index (χ1n) is 16.4. The maximum absolute atomic E-state index is 13.9. The minimum Gasteiger partial charge on any atom is -0.493 e. The summed E-state index contributed by atoms with van der Waals surface area (Å²) in [5.74, 6) is 0.870. The molecule has 6 nitrogen and oxygen atoms in total. The van der Waals surface area contributed by atoms with Gasteiger partial charge in [0.25, 0.3) is 0 Å². The Bertz CT molecular complexity index is 1580. The Morgan fingerprint density at radius 3 is 2.19 bits per heavy atom. The maximum atomic E-state index is 13.9. The number of piperidine rings is 2. The largest absolute Gasteiger partial charge is 0.493 e. The van der Waals surface area contributed by atoms with E-state index in [-0.39, 0.29) is 36.4 Å². The van der Waals surface area contributed by atoms with Gasteiger partial charge in [0.2, 0.25) is 5.91 Å². The quantitative estimate of drug-likeness (QED) is 0.262. The predicted octanol–water partition coefficient (Wildman–Crippen LogP) is 8.22. The number of methoxy groups -OCH3 is 1. The van der Waals surface area contributed by atoms with E-state index in [1.54, 1.807) is 36.0 Å². The van der Waals surface area contributed by atoms with E-state index in [4.69, 9.17) is 21.1 Å². The number of fused-ring (bicyclic) bond motifs is 3. The second-order valence-corrected chi connectivity index (χ2v) is 14.1. The van der Waals surface area contributed by atoms with Crippen LogP contribution in [0.25, 0.3) is 0 Å². The van der Waals surface area contributed by atoms with Crippen LogP contribution < -0.4 is 14.4 Å². The Morgan fingerprint density at radius 2 is 1.62 bits per heavy atom. The highest BCUT2D eigenvalue weighted by atomic mass is 35.5. The maximum Gasteiger partial charge on any atom is 0.401 e. The SMILES string of the molecule is COc1cc2c(cc1OC(C)C)[C@H](c1ccc(Cl)cc1)N(c1ccc(C(C)(O)C3CC4CCCC(C3)N4CC(F)(F)F)cc1)C(=O)C2.